The lowest BCUT2D eigenvalue weighted by Gasteiger charge is -2.18. The van der Waals surface area contributed by atoms with Gasteiger partial charge in [-0.25, -0.2) is 0 Å². The summed E-state index contributed by atoms with van der Waals surface area (Å²) in [6, 6.07) is 9.34. The zero-order chi connectivity index (χ0) is 16.9. The lowest BCUT2D eigenvalue weighted by Crippen LogP contribution is -2.32. The van der Waals surface area contributed by atoms with E-state index in [-0.39, 0.29) is 11.3 Å². The fourth-order valence-corrected chi connectivity index (χ4v) is 2.79. The molecule has 1 amide bonds. The second-order valence-electron chi connectivity index (χ2n) is 5.97. The summed E-state index contributed by atoms with van der Waals surface area (Å²) in [6.07, 6.45) is 0.987. The van der Waals surface area contributed by atoms with Gasteiger partial charge in [-0.15, -0.1) is 10.2 Å². The largest absolute Gasteiger partial charge is 0.481 e. The second-order valence-corrected chi connectivity index (χ2v) is 6.94. The van der Waals surface area contributed by atoms with Gasteiger partial charge in [0.25, 0.3) is 5.91 Å². The van der Waals surface area contributed by atoms with Crippen LogP contribution in [0.1, 0.15) is 45.5 Å². The summed E-state index contributed by atoms with van der Waals surface area (Å²) in [5.41, 5.74) is -0.0364. The standard InChI is InChI=1S/C17H23N3O2S/c1-5-13(22-12-10-8-7-9-11-12)14(21)18-16-20-19-15(23-16)17(3,4)6-2/h7-11,13H,5-6H2,1-4H3,(H,18,20,21). The minimum atomic E-state index is -0.552. The van der Waals surface area contributed by atoms with Crippen molar-refractivity contribution in [3.63, 3.8) is 0 Å². The van der Waals surface area contributed by atoms with E-state index in [1.54, 1.807) is 0 Å². The highest BCUT2D eigenvalue weighted by molar-refractivity contribution is 7.15. The van der Waals surface area contributed by atoms with Crippen molar-refractivity contribution in [1.82, 2.24) is 10.2 Å². The molecule has 124 valence electrons. The van der Waals surface area contributed by atoms with Crippen LogP contribution in [0.4, 0.5) is 5.13 Å². The molecule has 1 aromatic carbocycles. The molecule has 0 aliphatic rings. The summed E-state index contributed by atoms with van der Waals surface area (Å²) in [5, 5.41) is 12.5. The van der Waals surface area contributed by atoms with E-state index >= 15 is 0 Å². The number of amides is 1. The van der Waals surface area contributed by atoms with Crippen LogP contribution < -0.4 is 10.1 Å². The van der Waals surface area contributed by atoms with Crippen LogP contribution in [-0.4, -0.2) is 22.2 Å². The molecule has 0 fully saturated rings. The summed E-state index contributed by atoms with van der Waals surface area (Å²) in [6.45, 7) is 8.26. The Hall–Kier alpha value is -1.95. The first-order chi connectivity index (χ1) is 11.0. The molecule has 1 heterocycles. The minimum absolute atomic E-state index is 0.0364. The monoisotopic (exact) mass is 333 g/mol. The van der Waals surface area contributed by atoms with Gasteiger partial charge in [-0.1, -0.05) is 57.2 Å². The number of nitrogens with one attached hydrogen (secondary N) is 1. The Morgan fingerprint density at radius 2 is 1.96 bits per heavy atom. The molecule has 1 unspecified atom stereocenters. The third-order valence-electron chi connectivity index (χ3n) is 3.80. The van der Waals surface area contributed by atoms with Crippen molar-refractivity contribution in [2.24, 2.45) is 0 Å². The fourth-order valence-electron chi connectivity index (χ4n) is 1.87. The molecule has 0 radical (unpaired) electrons. The molecule has 1 atom stereocenters. The van der Waals surface area contributed by atoms with E-state index in [2.05, 4.69) is 36.3 Å². The van der Waals surface area contributed by atoms with Gasteiger partial charge >= 0.3 is 0 Å². The lowest BCUT2D eigenvalue weighted by molar-refractivity contribution is -0.122. The van der Waals surface area contributed by atoms with Crippen LogP contribution in [0.25, 0.3) is 0 Å². The van der Waals surface area contributed by atoms with E-state index < -0.39 is 6.10 Å². The van der Waals surface area contributed by atoms with Crippen LogP contribution in [0.2, 0.25) is 0 Å². The summed E-state index contributed by atoms with van der Waals surface area (Å²) >= 11 is 1.42. The van der Waals surface area contributed by atoms with Gasteiger partial charge in [0.15, 0.2) is 6.10 Å². The van der Waals surface area contributed by atoms with E-state index in [4.69, 9.17) is 4.74 Å². The molecule has 0 aliphatic carbocycles. The van der Waals surface area contributed by atoms with Crippen LogP contribution in [0.15, 0.2) is 30.3 Å². The molecule has 0 spiro atoms. The Bertz CT molecular complexity index is 640. The number of carbonyl (C=O) groups excluding carboxylic acids is 1. The van der Waals surface area contributed by atoms with E-state index in [9.17, 15) is 4.79 Å². The van der Waals surface area contributed by atoms with Crippen molar-refractivity contribution in [3.8, 4) is 5.75 Å². The molecule has 0 bridgehead atoms. The molecule has 1 N–H and O–H groups in total. The highest BCUT2D eigenvalue weighted by atomic mass is 32.1. The zero-order valence-corrected chi connectivity index (χ0v) is 14.8. The van der Waals surface area contributed by atoms with E-state index in [1.165, 1.54) is 11.3 Å². The van der Waals surface area contributed by atoms with Crippen LogP contribution in [-0.2, 0) is 10.2 Å². The number of aromatic nitrogens is 2. The molecule has 2 rings (SSSR count). The van der Waals surface area contributed by atoms with Crippen LogP contribution in [0, 0.1) is 0 Å². The Labute approximate surface area is 141 Å². The smallest absolute Gasteiger partial charge is 0.267 e. The van der Waals surface area contributed by atoms with Crippen molar-refractivity contribution in [3.05, 3.63) is 35.3 Å². The zero-order valence-electron chi connectivity index (χ0n) is 14.0. The molecule has 1 aromatic heterocycles. The van der Waals surface area contributed by atoms with E-state index in [1.807, 2.05) is 37.3 Å². The molecular weight excluding hydrogens is 310 g/mol. The molecule has 23 heavy (non-hydrogen) atoms. The average molecular weight is 333 g/mol. The fraction of sp³-hybridized carbons (Fsp3) is 0.471. The number of anilines is 1. The van der Waals surface area contributed by atoms with Gasteiger partial charge in [-0.2, -0.15) is 0 Å². The lowest BCUT2D eigenvalue weighted by atomic mass is 9.91. The first-order valence-electron chi connectivity index (χ1n) is 7.82. The maximum absolute atomic E-state index is 12.4. The molecule has 5 nitrogen and oxygen atoms in total. The Morgan fingerprint density at radius 3 is 2.57 bits per heavy atom. The number of hydrogen-bond donors (Lipinski definition) is 1. The Kier molecular flexibility index (Phi) is 5.71. The predicted octanol–water partition coefficient (Wildman–Crippen LogP) is 4.02. The van der Waals surface area contributed by atoms with E-state index in [0.717, 1.165) is 11.4 Å². The maximum Gasteiger partial charge on any atom is 0.267 e. The molecular formula is C17H23N3O2S. The van der Waals surface area contributed by atoms with Crippen molar-refractivity contribution < 1.29 is 9.53 Å². The SMILES string of the molecule is CCC(Oc1ccccc1)C(=O)Nc1nnc(C(C)(C)CC)s1. The number of para-hydroxylation sites is 1. The topological polar surface area (TPSA) is 64.1 Å². The first-order valence-corrected chi connectivity index (χ1v) is 8.64. The summed E-state index contributed by atoms with van der Waals surface area (Å²) < 4.78 is 5.74. The summed E-state index contributed by atoms with van der Waals surface area (Å²) in [7, 11) is 0. The molecule has 0 saturated heterocycles. The number of nitrogens with zero attached hydrogens (tertiary/aromatic N) is 2. The Balaban J connectivity index is 2.02. The van der Waals surface area contributed by atoms with Crippen LogP contribution in [0.5, 0.6) is 5.75 Å². The van der Waals surface area contributed by atoms with Gasteiger partial charge in [0.05, 0.1) is 0 Å². The number of carbonyl (C=O) groups is 1. The highest BCUT2D eigenvalue weighted by Crippen LogP contribution is 2.31. The molecule has 2 aromatic rings. The van der Waals surface area contributed by atoms with E-state index in [0.29, 0.717) is 17.3 Å². The van der Waals surface area contributed by atoms with Gasteiger partial charge < -0.3 is 4.74 Å². The molecule has 0 saturated carbocycles. The van der Waals surface area contributed by atoms with Gasteiger partial charge in [-0.05, 0) is 25.0 Å². The third kappa shape index (κ3) is 4.51. The van der Waals surface area contributed by atoms with Crippen molar-refractivity contribution in [1.29, 1.82) is 0 Å². The molecule has 6 heteroatoms. The number of hydrogen-bond acceptors (Lipinski definition) is 5. The number of rotatable bonds is 7. The van der Waals surface area contributed by atoms with Crippen molar-refractivity contribution in [2.75, 3.05) is 5.32 Å². The second kappa shape index (κ2) is 7.55. The third-order valence-corrected chi connectivity index (χ3v) is 5.01. The number of ether oxygens (including phenoxy) is 1. The maximum atomic E-state index is 12.4. The summed E-state index contributed by atoms with van der Waals surface area (Å²) in [5.74, 6) is 0.480. The van der Waals surface area contributed by atoms with Crippen LogP contribution in [0.3, 0.4) is 0 Å². The van der Waals surface area contributed by atoms with Gasteiger partial charge in [-0.3, -0.25) is 10.1 Å². The molecule has 0 aliphatic heterocycles. The Morgan fingerprint density at radius 1 is 1.26 bits per heavy atom. The average Bonchev–Trinajstić information content (AvgIpc) is 3.02. The normalized spacial score (nSPS) is 12.7. The minimum Gasteiger partial charge on any atom is -0.481 e. The van der Waals surface area contributed by atoms with Crippen molar-refractivity contribution >= 4 is 22.4 Å². The highest BCUT2D eigenvalue weighted by Gasteiger charge is 2.25. The van der Waals surface area contributed by atoms with Gasteiger partial charge in [0, 0.05) is 5.41 Å². The quantitative estimate of drug-likeness (QED) is 0.831. The van der Waals surface area contributed by atoms with Gasteiger partial charge in [0.1, 0.15) is 10.8 Å². The predicted molar refractivity (Wildman–Crippen MR) is 93.0 cm³/mol. The van der Waals surface area contributed by atoms with Gasteiger partial charge in [0.2, 0.25) is 5.13 Å². The first kappa shape index (κ1) is 17.4. The van der Waals surface area contributed by atoms with Crippen LogP contribution >= 0.6 is 11.3 Å². The summed E-state index contributed by atoms with van der Waals surface area (Å²) in [4.78, 5) is 12.4. The van der Waals surface area contributed by atoms with Crippen molar-refractivity contribution in [2.45, 2.75) is 52.1 Å². The number of benzene rings is 1.